The first-order valence-electron chi connectivity index (χ1n) is 6.68. The minimum absolute atomic E-state index is 0.0387. The Hall–Kier alpha value is -2.55. The van der Waals surface area contributed by atoms with Gasteiger partial charge in [-0.2, -0.15) is 0 Å². The molecule has 0 saturated carbocycles. The fourth-order valence-corrected chi connectivity index (χ4v) is 2.06. The van der Waals surface area contributed by atoms with E-state index in [-0.39, 0.29) is 11.5 Å². The molecule has 3 nitrogen and oxygen atoms in total. The number of carbonyl (C=O) groups excluding carboxylic acids is 1. The Labute approximate surface area is 124 Å². The Morgan fingerprint density at radius 2 is 1.90 bits per heavy atom. The molecule has 1 N–H and O–H groups in total. The van der Waals surface area contributed by atoms with Crippen molar-refractivity contribution in [2.24, 2.45) is 0 Å². The molecular weight excluding hydrogens is 264 g/mol. The average molecular weight is 282 g/mol. The van der Waals surface area contributed by atoms with Crippen molar-refractivity contribution in [3.05, 3.63) is 64.7 Å². The van der Waals surface area contributed by atoms with E-state index in [1.54, 1.807) is 24.3 Å². The molecule has 0 aliphatic carbocycles. The Morgan fingerprint density at radius 1 is 1.14 bits per heavy atom. The van der Waals surface area contributed by atoms with E-state index in [4.69, 9.17) is 4.74 Å². The van der Waals surface area contributed by atoms with Gasteiger partial charge in [0.1, 0.15) is 0 Å². The van der Waals surface area contributed by atoms with Gasteiger partial charge < -0.3 is 9.84 Å². The second-order valence-electron chi connectivity index (χ2n) is 4.95. The molecule has 0 fully saturated rings. The largest absolute Gasteiger partial charge is 0.504 e. The molecule has 0 aliphatic rings. The van der Waals surface area contributed by atoms with Crippen LogP contribution in [-0.2, 0) is 0 Å². The van der Waals surface area contributed by atoms with Crippen LogP contribution in [0.1, 0.15) is 27.0 Å². The number of aromatic hydroxyl groups is 1. The zero-order valence-corrected chi connectivity index (χ0v) is 12.4. The van der Waals surface area contributed by atoms with Gasteiger partial charge in [-0.05, 0) is 49.2 Å². The van der Waals surface area contributed by atoms with Crippen molar-refractivity contribution in [1.82, 2.24) is 0 Å². The Kier molecular flexibility index (Phi) is 4.43. The highest BCUT2D eigenvalue weighted by atomic mass is 16.5. The molecule has 0 amide bonds. The predicted molar refractivity (Wildman–Crippen MR) is 83.9 cm³/mol. The summed E-state index contributed by atoms with van der Waals surface area (Å²) < 4.78 is 5.04. The summed E-state index contributed by atoms with van der Waals surface area (Å²) in [5.74, 6) is 0.426. The number of hydrogen-bond acceptors (Lipinski definition) is 3. The molecule has 21 heavy (non-hydrogen) atoms. The molecule has 2 aromatic carbocycles. The van der Waals surface area contributed by atoms with Crippen LogP contribution >= 0.6 is 0 Å². The van der Waals surface area contributed by atoms with E-state index in [1.807, 2.05) is 32.0 Å². The highest BCUT2D eigenvalue weighted by Crippen LogP contribution is 2.26. The fraction of sp³-hybridized carbons (Fsp3) is 0.167. The van der Waals surface area contributed by atoms with Crippen molar-refractivity contribution in [3.63, 3.8) is 0 Å². The number of allylic oxidation sites excluding steroid dienone is 1. The van der Waals surface area contributed by atoms with Crippen LogP contribution in [0.5, 0.6) is 11.5 Å². The number of hydrogen-bond donors (Lipinski definition) is 1. The average Bonchev–Trinajstić information content (AvgIpc) is 2.48. The number of ether oxygens (including phenoxy) is 1. The Balaban J connectivity index is 2.24. The van der Waals surface area contributed by atoms with Gasteiger partial charge in [-0.3, -0.25) is 4.79 Å². The van der Waals surface area contributed by atoms with Gasteiger partial charge in [0.25, 0.3) is 0 Å². The number of aryl methyl sites for hydroxylation is 2. The molecule has 0 atom stereocenters. The van der Waals surface area contributed by atoms with E-state index in [1.165, 1.54) is 13.2 Å². The van der Waals surface area contributed by atoms with E-state index in [2.05, 4.69) is 0 Å². The van der Waals surface area contributed by atoms with Gasteiger partial charge >= 0.3 is 0 Å². The van der Waals surface area contributed by atoms with E-state index in [0.29, 0.717) is 11.3 Å². The van der Waals surface area contributed by atoms with E-state index in [0.717, 1.165) is 16.7 Å². The van der Waals surface area contributed by atoms with Crippen molar-refractivity contribution in [3.8, 4) is 11.5 Å². The topological polar surface area (TPSA) is 46.5 Å². The first-order chi connectivity index (χ1) is 10.0. The molecule has 0 unspecified atom stereocenters. The molecule has 0 radical (unpaired) electrons. The summed E-state index contributed by atoms with van der Waals surface area (Å²) in [5.41, 5.74) is 3.52. The SMILES string of the molecule is COc1cc(/C=C/C(=O)c2cc(C)ccc2C)ccc1O. The van der Waals surface area contributed by atoms with Crippen LogP contribution in [0.4, 0.5) is 0 Å². The van der Waals surface area contributed by atoms with Crippen LogP contribution < -0.4 is 4.74 Å². The number of phenolic OH excluding ortho intramolecular Hbond substituents is 1. The zero-order chi connectivity index (χ0) is 15.4. The number of carbonyl (C=O) groups is 1. The summed E-state index contributed by atoms with van der Waals surface area (Å²) in [5, 5.41) is 9.54. The third-order valence-electron chi connectivity index (χ3n) is 3.29. The molecule has 0 spiro atoms. The summed E-state index contributed by atoms with van der Waals surface area (Å²) in [4.78, 5) is 12.2. The molecule has 0 heterocycles. The second kappa shape index (κ2) is 6.27. The number of ketones is 1. The van der Waals surface area contributed by atoms with Gasteiger partial charge in [0, 0.05) is 5.56 Å². The zero-order valence-electron chi connectivity index (χ0n) is 12.4. The standard InChI is InChI=1S/C18H18O3/c1-12-4-5-13(2)15(10-12)16(19)8-6-14-7-9-17(20)18(11-14)21-3/h4-11,20H,1-3H3/b8-6+. The minimum atomic E-state index is -0.0387. The summed E-state index contributed by atoms with van der Waals surface area (Å²) in [6, 6.07) is 10.8. The van der Waals surface area contributed by atoms with E-state index in [9.17, 15) is 9.90 Å². The molecule has 3 heteroatoms. The van der Waals surface area contributed by atoms with Crippen molar-refractivity contribution < 1.29 is 14.6 Å². The molecule has 108 valence electrons. The summed E-state index contributed by atoms with van der Waals surface area (Å²) in [6.45, 7) is 3.88. The van der Waals surface area contributed by atoms with Gasteiger partial charge in [-0.1, -0.05) is 29.8 Å². The molecule has 0 saturated heterocycles. The van der Waals surface area contributed by atoms with Crippen LogP contribution in [-0.4, -0.2) is 18.0 Å². The third-order valence-corrected chi connectivity index (χ3v) is 3.29. The molecule has 0 bridgehead atoms. The summed E-state index contributed by atoms with van der Waals surface area (Å²) in [6.07, 6.45) is 3.25. The summed E-state index contributed by atoms with van der Waals surface area (Å²) in [7, 11) is 1.49. The van der Waals surface area contributed by atoms with Gasteiger partial charge in [-0.25, -0.2) is 0 Å². The van der Waals surface area contributed by atoms with Crippen LogP contribution in [0.15, 0.2) is 42.5 Å². The lowest BCUT2D eigenvalue weighted by atomic mass is 10.0. The highest BCUT2D eigenvalue weighted by Gasteiger charge is 2.06. The number of rotatable bonds is 4. The van der Waals surface area contributed by atoms with Crippen LogP contribution in [0, 0.1) is 13.8 Å². The van der Waals surface area contributed by atoms with Crippen molar-refractivity contribution >= 4 is 11.9 Å². The molecule has 0 aliphatic heterocycles. The van der Waals surface area contributed by atoms with Crippen LogP contribution in [0.3, 0.4) is 0 Å². The predicted octanol–water partition coefficient (Wildman–Crippen LogP) is 3.91. The lowest BCUT2D eigenvalue weighted by molar-refractivity contribution is 0.104. The van der Waals surface area contributed by atoms with Crippen molar-refractivity contribution in [2.75, 3.05) is 7.11 Å². The van der Waals surface area contributed by atoms with Gasteiger partial charge in [0.15, 0.2) is 17.3 Å². The Morgan fingerprint density at radius 3 is 2.62 bits per heavy atom. The Bertz CT molecular complexity index is 700. The molecule has 0 aromatic heterocycles. The maximum absolute atomic E-state index is 12.2. The maximum Gasteiger partial charge on any atom is 0.186 e. The van der Waals surface area contributed by atoms with Crippen molar-refractivity contribution in [2.45, 2.75) is 13.8 Å². The number of methoxy groups -OCH3 is 1. The van der Waals surface area contributed by atoms with Crippen molar-refractivity contribution in [1.29, 1.82) is 0 Å². The molecular formula is C18H18O3. The summed E-state index contributed by atoms with van der Waals surface area (Å²) >= 11 is 0. The third kappa shape index (κ3) is 3.51. The molecule has 2 aromatic rings. The van der Waals surface area contributed by atoms with Gasteiger partial charge in [-0.15, -0.1) is 0 Å². The van der Waals surface area contributed by atoms with Gasteiger partial charge in [0.05, 0.1) is 7.11 Å². The number of phenols is 1. The van der Waals surface area contributed by atoms with Gasteiger partial charge in [0.2, 0.25) is 0 Å². The van der Waals surface area contributed by atoms with Crippen LogP contribution in [0.25, 0.3) is 6.08 Å². The number of benzene rings is 2. The smallest absolute Gasteiger partial charge is 0.186 e. The first kappa shape index (κ1) is 14.9. The second-order valence-corrected chi connectivity index (χ2v) is 4.95. The highest BCUT2D eigenvalue weighted by molar-refractivity contribution is 6.07. The fourth-order valence-electron chi connectivity index (χ4n) is 2.06. The minimum Gasteiger partial charge on any atom is -0.504 e. The quantitative estimate of drug-likeness (QED) is 0.683. The van der Waals surface area contributed by atoms with E-state index < -0.39 is 0 Å². The maximum atomic E-state index is 12.2. The molecule has 2 rings (SSSR count). The first-order valence-corrected chi connectivity index (χ1v) is 6.68. The van der Waals surface area contributed by atoms with E-state index >= 15 is 0 Å². The monoisotopic (exact) mass is 282 g/mol. The lowest BCUT2D eigenvalue weighted by Crippen LogP contribution is -1.98. The lowest BCUT2D eigenvalue weighted by Gasteiger charge is -2.04. The van der Waals surface area contributed by atoms with Crippen LogP contribution in [0.2, 0.25) is 0 Å². The normalized spacial score (nSPS) is 10.8.